The average Bonchev–Trinajstić information content (AvgIpc) is 3.26. The van der Waals surface area contributed by atoms with Gasteiger partial charge in [0, 0.05) is 16.7 Å². The fourth-order valence-electron chi connectivity index (χ4n) is 8.30. The molecule has 3 heteroatoms. The molecule has 0 aliphatic rings. The fraction of sp³-hybridized carbons (Fsp3) is 0. The summed E-state index contributed by atoms with van der Waals surface area (Å²) in [7, 11) is 0. The number of fused-ring (bicyclic) bond motifs is 12. The van der Waals surface area contributed by atoms with Crippen LogP contribution in [0.5, 0.6) is 0 Å². The molecule has 0 fully saturated rings. The van der Waals surface area contributed by atoms with Crippen LogP contribution in [0.4, 0.5) is 0 Å². The van der Waals surface area contributed by atoms with Crippen molar-refractivity contribution >= 4 is 64.6 Å². The maximum absolute atomic E-state index is 4.96. The first-order valence-electron chi connectivity index (χ1n) is 18.4. The zero-order valence-corrected chi connectivity index (χ0v) is 29.2. The summed E-state index contributed by atoms with van der Waals surface area (Å²) in [6, 6.07) is 67.1. The van der Waals surface area contributed by atoms with Crippen LogP contribution < -0.4 is 0 Å². The van der Waals surface area contributed by atoms with Gasteiger partial charge in [-0.15, -0.1) is 0 Å². The van der Waals surface area contributed by atoms with Crippen molar-refractivity contribution in [2.24, 2.45) is 0 Å². The van der Waals surface area contributed by atoms with Crippen molar-refractivity contribution in [1.82, 2.24) is 15.0 Å². The van der Waals surface area contributed by atoms with E-state index in [9.17, 15) is 0 Å². The van der Waals surface area contributed by atoms with Crippen molar-refractivity contribution < 1.29 is 0 Å². The molecule has 11 rings (SSSR count). The topological polar surface area (TPSA) is 38.7 Å². The summed E-state index contributed by atoms with van der Waals surface area (Å²) in [6.07, 6.45) is 0. The van der Waals surface area contributed by atoms with Crippen molar-refractivity contribution in [2.75, 3.05) is 0 Å². The molecular weight excluding hydrogens is 655 g/mol. The van der Waals surface area contributed by atoms with E-state index in [2.05, 4.69) is 127 Å². The Morgan fingerprint density at radius 3 is 1.09 bits per heavy atom. The summed E-state index contributed by atoms with van der Waals surface area (Å²) in [4.78, 5) is 14.8. The van der Waals surface area contributed by atoms with Gasteiger partial charge in [-0.3, -0.25) is 0 Å². The van der Waals surface area contributed by atoms with Gasteiger partial charge >= 0.3 is 0 Å². The summed E-state index contributed by atoms with van der Waals surface area (Å²) in [5.41, 5.74) is 5.25. The largest absolute Gasteiger partial charge is 0.208 e. The van der Waals surface area contributed by atoms with Gasteiger partial charge in [-0.1, -0.05) is 170 Å². The van der Waals surface area contributed by atoms with Crippen molar-refractivity contribution in [1.29, 1.82) is 0 Å². The molecule has 0 saturated heterocycles. The SMILES string of the molecule is c1ccc(-c2nc(-c3ccccc3)nc(-c3ccc4cc(-c5ccc6c(c5)c5ccccc5c5c7ccccc7c7ccccc7c65)ccc4c3)n2)cc1. The molecule has 1 heterocycles. The van der Waals surface area contributed by atoms with Crippen molar-refractivity contribution in [3.63, 3.8) is 0 Å². The minimum absolute atomic E-state index is 0.655. The normalized spacial score (nSPS) is 11.7. The lowest BCUT2D eigenvalue weighted by molar-refractivity contribution is 1.07. The molecule has 10 aromatic carbocycles. The van der Waals surface area contributed by atoms with Crippen LogP contribution in [0.2, 0.25) is 0 Å². The summed E-state index contributed by atoms with van der Waals surface area (Å²) < 4.78 is 0. The van der Waals surface area contributed by atoms with Crippen LogP contribution in [-0.4, -0.2) is 15.0 Å². The molecule has 0 atom stereocenters. The van der Waals surface area contributed by atoms with E-state index in [1.165, 1.54) is 65.0 Å². The lowest BCUT2D eigenvalue weighted by Gasteiger charge is -2.17. The smallest absolute Gasteiger partial charge is 0.164 e. The second-order valence-electron chi connectivity index (χ2n) is 14.0. The molecule has 0 spiro atoms. The zero-order valence-electron chi connectivity index (χ0n) is 29.2. The van der Waals surface area contributed by atoms with Gasteiger partial charge in [0.05, 0.1) is 0 Å². The van der Waals surface area contributed by atoms with Crippen molar-refractivity contribution in [3.05, 3.63) is 188 Å². The number of hydrogen-bond acceptors (Lipinski definition) is 3. The molecule has 0 amide bonds. The highest BCUT2D eigenvalue weighted by atomic mass is 15.0. The monoisotopic (exact) mass is 685 g/mol. The predicted octanol–water partition coefficient (Wildman–Crippen LogP) is 13.5. The lowest BCUT2D eigenvalue weighted by Crippen LogP contribution is -2.00. The van der Waals surface area contributed by atoms with E-state index in [0.717, 1.165) is 27.5 Å². The third kappa shape index (κ3) is 4.87. The predicted molar refractivity (Wildman–Crippen MR) is 227 cm³/mol. The van der Waals surface area contributed by atoms with E-state index in [-0.39, 0.29) is 0 Å². The summed E-state index contributed by atoms with van der Waals surface area (Å²) in [6.45, 7) is 0. The van der Waals surface area contributed by atoms with Crippen LogP contribution in [0.1, 0.15) is 0 Å². The Kier molecular flexibility index (Phi) is 6.86. The van der Waals surface area contributed by atoms with E-state index in [0.29, 0.717) is 17.5 Å². The van der Waals surface area contributed by atoms with Gasteiger partial charge in [0.2, 0.25) is 0 Å². The molecule has 1 aromatic heterocycles. The van der Waals surface area contributed by atoms with Gasteiger partial charge in [-0.25, -0.2) is 15.0 Å². The number of hydrogen-bond donors (Lipinski definition) is 0. The van der Waals surface area contributed by atoms with Gasteiger partial charge in [0.1, 0.15) is 0 Å². The summed E-state index contributed by atoms with van der Waals surface area (Å²) in [5.74, 6) is 1.97. The average molecular weight is 686 g/mol. The molecule has 250 valence electrons. The molecule has 0 N–H and O–H groups in total. The van der Waals surface area contributed by atoms with Crippen LogP contribution in [0.15, 0.2) is 188 Å². The second kappa shape index (κ2) is 12.2. The van der Waals surface area contributed by atoms with Crippen molar-refractivity contribution in [2.45, 2.75) is 0 Å². The number of aromatic nitrogens is 3. The van der Waals surface area contributed by atoms with E-state index in [4.69, 9.17) is 15.0 Å². The molecule has 0 unspecified atom stereocenters. The van der Waals surface area contributed by atoms with Gasteiger partial charge in [0.25, 0.3) is 0 Å². The van der Waals surface area contributed by atoms with Gasteiger partial charge in [-0.2, -0.15) is 0 Å². The quantitative estimate of drug-likeness (QED) is 0.173. The van der Waals surface area contributed by atoms with Crippen LogP contribution in [0.25, 0.3) is 110 Å². The Labute approximate surface area is 311 Å². The maximum Gasteiger partial charge on any atom is 0.164 e. The first kappa shape index (κ1) is 30.4. The molecule has 0 aliphatic heterocycles. The fourth-order valence-corrected chi connectivity index (χ4v) is 8.30. The molecule has 0 radical (unpaired) electrons. The second-order valence-corrected chi connectivity index (χ2v) is 14.0. The first-order chi connectivity index (χ1) is 26.8. The van der Waals surface area contributed by atoms with E-state index >= 15 is 0 Å². The van der Waals surface area contributed by atoms with E-state index in [1.54, 1.807) is 0 Å². The highest BCUT2D eigenvalue weighted by Crippen LogP contribution is 2.44. The number of rotatable bonds is 4. The zero-order chi connectivity index (χ0) is 35.6. The highest BCUT2D eigenvalue weighted by Gasteiger charge is 2.17. The minimum atomic E-state index is 0.655. The summed E-state index contributed by atoms with van der Waals surface area (Å²) >= 11 is 0. The molecular formula is C51H31N3. The minimum Gasteiger partial charge on any atom is -0.208 e. The van der Waals surface area contributed by atoms with Crippen LogP contribution in [-0.2, 0) is 0 Å². The molecule has 54 heavy (non-hydrogen) atoms. The first-order valence-corrected chi connectivity index (χ1v) is 18.4. The van der Waals surface area contributed by atoms with E-state index in [1.807, 2.05) is 60.7 Å². The summed E-state index contributed by atoms with van der Waals surface area (Å²) in [5, 5.41) is 15.2. The Morgan fingerprint density at radius 2 is 0.574 bits per heavy atom. The standard InChI is InChI=1S/C51H31N3/c1-3-13-32(14-4-1)49-52-50(33-15-5-2-6-16-33)54-51(53-49)38-26-25-34-29-35(23-24-36(34)30-38)37-27-28-45-46(31-37)41-19-9-12-22-44(41)47-42-20-10-7-17-39(42)40-18-8-11-21-43(40)48(45)47/h1-31H. The lowest BCUT2D eigenvalue weighted by atomic mass is 9.86. The van der Waals surface area contributed by atoms with Gasteiger partial charge in [0.15, 0.2) is 17.5 Å². The highest BCUT2D eigenvalue weighted by molar-refractivity contribution is 6.39. The maximum atomic E-state index is 4.96. The Hall–Kier alpha value is -7.23. The van der Waals surface area contributed by atoms with Gasteiger partial charge in [-0.05, 0) is 94.0 Å². The number of benzene rings is 10. The van der Waals surface area contributed by atoms with Crippen molar-refractivity contribution in [3.8, 4) is 45.3 Å². The molecule has 0 aliphatic carbocycles. The van der Waals surface area contributed by atoms with E-state index < -0.39 is 0 Å². The van der Waals surface area contributed by atoms with Crippen LogP contribution in [0.3, 0.4) is 0 Å². The molecule has 11 aromatic rings. The third-order valence-electron chi connectivity index (χ3n) is 10.8. The Morgan fingerprint density at radius 1 is 0.222 bits per heavy atom. The van der Waals surface area contributed by atoms with Gasteiger partial charge < -0.3 is 0 Å². The Bertz CT molecular complexity index is 3200. The molecule has 3 nitrogen and oxygen atoms in total. The third-order valence-corrected chi connectivity index (χ3v) is 10.8. The molecule has 0 bridgehead atoms. The number of nitrogens with zero attached hydrogens (tertiary/aromatic N) is 3. The Balaban J connectivity index is 1.06. The van der Waals surface area contributed by atoms with Crippen LogP contribution >= 0.6 is 0 Å². The van der Waals surface area contributed by atoms with Crippen LogP contribution in [0, 0.1) is 0 Å². The molecule has 0 saturated carbocycles.